The van der Waals surface area contributed by atoms with E-state index in [1.165, 1.54) is 17.6 Å². The van der Waals surface area contributed by atoms with Gasteiger partial charge < -0.3 is 0 Å². The lowest BCUT2D eigenvalue weighted by molar-refractivity contribution is 0.602. The zero-order chi connectivity index (χ0) is 10.7. The number of allylic oxidation sites excluding steroid dienone is 2. The lowest BCUT2D eigenvalue weighted by Gasteiger charge is -2.14. The van der Waals surface area contributed by atoms with Crippen LogP contribution in [0.3, 0.4) is 0 Å². The highest BCUT2D eigenvalue weighted by Gasteiger charge is 2.13. The molecule has 3 heteroatoms. The molecule has 2 rings (SSSR count). The highest BCUT2D eigenvalue weighted by atomic mass is 35.5. The molecule has 0 saturated heterocycles. The second-order valence-corrected chi connectivity index (χ2v) is 4.65. The monoisotopic (exact) mass is 224 g/mol. The van der Waals surface area contributed by atoms with E-state index in [1.807, 2.05) is 10.9 Å². The molecular weight excluding hydrogens is 208 g/mol. The number of alkyl halides is 1. The lowest BCUT2D eigenvalue weighted by Crippen LogP contribution is -2.02. The molecule has 1 atom stereocenters. The third kappa shape index (κ3) is 2.63. The van der Waals surface area contributed by atoms with Gasteiger partial charge in [0.1, 0.15) is 0 Å². The molecule has 0 N–H and O–H groups in total. The number of hydrogen-bond acceptors (Lipinski definition) is 1. The van der Waals surface area contributed by atoms with Gasteiger partial charge in [-0.3, -0.25) is 4.68 Å². The van der Waals surface area contributed by atoms with Crippen LogP contribution >= 0.6 is 11.6 Å². The Bertz CT molecular complexity index is 354. The first-order chi connectivity index (χ1) is 7.29. The van der Waals surface area contributed by atoms with E-state index < -0.39 is 0 Å². The Balaban J connectivity index is 2.14. The topological polar surface area (TPSA) is 17.8 Å². The predicted molar refractivity (Wildman–Crippen MR) is 64.0 cm³/mol. The van der Waals surface area contributed by atoms with Gasteiger partial charge in [0.25, 0.3) is 0 Å². The Morgan fingerprint density at radius 1 is 1.60 bits per heavy atom. The first-order valence-corrected chi connectivity index (χ1v) is 6.11. The third-order valence-corrected chi connectivity index (χ3v) is 3.11. The van der Waals surface area contributed by atoms with Crippen LogP contribution in [-0.2, 0) is 6.54 Å². The number of aromatic nitrogens is 2. The standard InChI is InChI=1S/C12H17ClN2/c1-2-6-15-9-11(8-14-15)10-4-3-5-12(13)7-10/h7-9,12H,2-6H2,1H3. The highest BCUT2D eigenvalue weighted by Crippen LogP contribution is 2.28. The van der Waals surface area contributed by atoms with Crippen molar-refractivity contribution < 1.29 is 0 Å². The molecule has 82 valence electrons. The van der Waals surface area contributed by atoms with Crippen LogP contribution in [0.4, 0.5) is 0 Å². The molecule has 1 aromatic rings. The summed E-state index contributed by atoms with van der Waals surface area (Å²) in [6.45, 7) is 3.16. The molecule has 15 heavy (non-hydrogen) atoms. The summed E-state index contributed by atoms with van der Waals surface area (Å²) < 4.78 is 2.01. The minimum Gasteiger partial charge on any atom is -0.272 e. The fourth-order valence-corrected chi connectivity index (χ4v) is 2.30. The Morgan fingerprint density at radius 2 is 2.47 bits per heavy atom. The maximum Gasteiger partial charge on any atom is 0.0564 e. The Labute approximate surface area is 95.9 Å². The first-order valence-electron chi connectivity index (χ1n) is 5.67. The van der Waals surface area contributed by atoms with Crippen molar-refractivity contribution in [3.63, 3.8) is 0 Å². The molecule has 1 unspecified atom stereocenters. The Hall–Kier alpha value is -0.760. The molecule has 0 radical (unpaired) electrons. The van der Waals surface area contributed by atoms with E-state index in [4.69, 9.17) is 11.6 Å². The zero-order valence-corrected chi connectivity index (χ0v) is 9.87. The fraction of sp³-hybridized carbons (Fsp3) is 0.583. The van der Waals surface area contributed by atoms with E-state index in [-0.39, 0.29) is 5.38 Å². The van der Waals surface area contributed by atoms with Crippen molar-refractivity contribution in [1.82, 2.24) is 9.78 Å². The molecule has 1 aromatic heterocycles. The fourth-order valence-electron chi connectivity index (χ4n) is 1.99. The van der Waals surface area contributed by atoms with Crippen LogP contribution in [0.25, 0.3) is 5.57 Å². The summed E-state index contributed by atoms with van der Waals surface area (Å²) in [5.74, 6) is 0. The molecule has 1 aliphatic carbocycles. The molecule has 0 aliphatic heterocycles. The smallest absolute Gasteiger partial charge is 0.0564 e. The van der Waals surface area contributed by atoms with Gasteiger partial charge in [0.2, 0.25) is 0 Å². The van der Waals surface area contributed by atoms with Crippen LogP contribution in [0.2, 0.25) is 0 Å². The molecular formula is C12H17ClN2. The van der Waals surface area contributed by atoms with E-state index in [2.05, 4.69) is 24.3 Å². The molecule has 2 nitrogen and oxygen atoms in total. The van der Waals surface area contributed by atoms with Crippen molar-refractivity contribution >= 4 is 17.2 Å². The molecule has 0 fully saturated rings. The number of aryl methyl sites for hydroxylation is 1. The van der Waals surface area contributed by atoms with Crippen LogP contribution in [0, 0.1) is 0 Å². The van der Waals surface area contributed by atoms with E-state index in [1.54, 1.807) is 0 Å². The van der Waals surface area contributed by atoms with Gasteiger partial charge in [0.05, 0.1) is 11.6 Å². The Morgan fingerprint density at radius 3 is 3.20 bits per heavy atom. The summed E-state index contributed by atoms with van der Waals surface area (Å²) in [7, 11) is 0. The maximum atomic E-state index is 6.13. The number of nitrogens with zero attached hydrogens (tertiary/aromatic N) is 2. The number of rotatable bonds is 3. The van der Waals surface area contributed by atoms with Crippen molar-refractivity contribution in [2.45, 2.75) is 44.5 Å². The van der Waals surface area contributed by atoms with Crippen LogP contribution in [0.15, 0.2) is 18.5 Å². The second-order valence-electron chi connectivity index (χ2n) is 4.09. The van der Waals surface area contributed by atoms with Gasteiger partial charge >= 0.3 is 0 Å². The quantitative estimate of drug-likeness (QED) is 0.719. The van der Waals surface area contributed by atoms with Gasteiger partial charge in [-0.05, 0) is 31.3 Å². The predicted octanol–water partition coefficient (Wildman–Crippen LogP) is 3.47. The van der Waals surface area contributed by atoms with Crippen molar-refractivity contribution in [3.05, 3.63) is 24.0 Å². The molecule has 0 amide bonds. The van der Waals surface area contributed by atoms with Crippen LogP contribution in [0.1, 0.15) is 38.2 Å². The molecule has 1 aliphatic rings. The average Bonchev–Trinajstić information content (AvgIpc) is 2.67. The first kappa shape index (κ1) is 10.7. The zero-order valence-electron chi connectivity index (χ0n) is 9.12. The third-order valence-electron chi connectivity index (χ3n) is 2.76. The Kier molecular flexibility index (Phi) is 3.47. The van der Waals surface area contributed by atoms with E-state index in [0.29, 0.717) is 0 Å². The van der Waals surface area contributed by atoms with Crippen LogP contribution < -0.4 is 0 Å². The lowest BCUT2D eigenvalue weighted by atomic mass is 9.95. The molecule has 0 saturated carbocycles. The van der Waals surface area contributed by atoms with E-state index in [9.17, 15) is 0 Å². The van der Waals surface area contributed by atoms with Crippen molar-refractivity contribution in [2.75, 3.05) is 0 Å². The molecule has 1 heterocycles. The molecule has 0 spiro atoms. The molecule has 0 bridgehead atoms. The maximum absolute atomic E-state index is 6.13. The minimum absolute atomic E-state index is 0.211. The summed E-state index contributed by atoms with van der Waals surface area (Å²) in [6.07, 6.45) is 10.8. The summed E-state index contributed by atoms with van der Waals surface area (Å²) >= 11 is 6.13. The SMILES string of the molecule is CCCn1cc(C2=CC(Cl)CCC2)cn1. The van der Waals surface area contributed by atoms with Gasteiger partial charge in [0, 0.05) is 18.3 Å². The normalized spacial score (nSPS) is 21.5. The minimum atomic E-state index is 0.211. The van der Waals surface area contributed by atoms with Crippen molar-refractivity contribution in [3.8, 4) is 0 Å². The average molecular weight is 225 g/mol. The van der Waals surface area contributed by atoms with Gasteiger partial charge in [-0.25, -0.2) is 0 Å². The van der Waals surface area contributed by atoms with Gasteiger partial charge in [-0.15, -0.1) is 11.6 Å². The van der Waals surface area contributed by atoms with Crippen molar-refractivity contribution in [1.29, 1.82) is 0 Å². The van der Waals surface area contributed by atoms with E-state index >= 15 is 0 Å². The summed E-state index contributed by atoms with van der Waals surface area (Å²) in [5, 5.41) is 4.55. The van der Waals surface area contributed by atoms with Gasteiger partial charge in [-0.2, -0.15) is 5.10 Å². The highest BCUT2D eigenvalue weighted by molar-refractivity contribution is 6.22. The van der Waals surface area contributed by atoms with Crippen molar-refractivity contribution in [2.24, 2.45) is 0 Å². The summed E-state index contributed by atoms with van der Waals surface area (Å²) in [6, 6.07) is 0. The van der Waals surface area contributed by atoms with Gasteiger partial charge in [-0.1, -0.05) is 13.0 Å². The summed E-state index contributed by atoms with van der Waals surface area (Å²) in [5.41, 5.74) is 2.61. The second kappa shape index (κ2) is 4.84. The largest absolute Gasteiger partial charge is 0.272 e. The van der Waals surface area contributed by atoms with E-state index in [0.717, 1.165) is 25.8 Å². The van der Waals surface area contributed by atoms with Crippen LogP contribution in [-0.4, -0.2) is 15.2 Å². The van der Waals surface area contributed by atoms with Crippen LogP contribution in [0.5, 0.6) is 0 Å². The number of hydrogen-bond donors (Lipinski definition) is 0. The van der Waals surface area contributed by atoms with Gasteiger partial charge in [0.15, 0.2) is 0 Å². The summed E-state index contributed by atoms with van der Waals surface area (Å²) in [4.78, 5) is 0. The molecule has 0 aromatic carbocycles. The number of halogens is 1.